The lowest BCUT2D eigenvalue weighted by Gasteiger charge is -2.04. The van der Waals surface area contributed by atoms with Gasteiger partial charge in [-0.25, -0.2) is 4.98 Å². The molecule has 22 heavy (non-hydrogen) atoms. The van der Waals surface area contributed by atoms with E-state index in [4.69, 9.17) is 0 Å². The minimum atomic E-state index is 1.06. The van der Waals surface area contributed by atoms with Crippen LogP contribution in [0.1, 0.15) is 96.8 Å². The Morgan fingerprint density at radius 3 is 1.73 bits per heavy atom. The third-order valence-corrected chi connectivity index (χ3v) is 4.97. The first-order valence-electron chi connectivity index (χ1n) is 9.57. The Bertz CT molecular complexity index is 311. The summed E-state index contributed by atoms with van der Waals surface area (Å²) in [4.78, 5) is 4.23. The Labute approximate surface area is 142 Å². The van der Waals surface area contributed by atoms with Crippen LogP contribution in [0.5, 0.6) is 0 Å². The van der Waals surface area contributed by atoms with Crippen LogP contribution in [0, 0.1) is 0 Å². The van der Waals surface area contributed by atoms with E-state index in [-0.39, 0.29) is 0 Å². The summed E-state index contributed by atoms with van der Waals surface area (Å²) in [6, 6.07) is 0. The Morgan fingerprint density at radius 1 is 0.773 bits per heavy atom. The molecular weight excluding hydrogens is 288 g/mol. The monoisotopic (exact) mass is 324 g/mol. The summed E-state index contributed by atoms with van der Waals surface area (Å²) < 4.78 is 0. The van der Waals surface area contributed by atoms with Crippen molar-refractivity contribution >= 4 is 16.5 Å². The first kappa shape index (κ1) is 19.5. The largest absolute Gasteiger partial charge is 0.362 e. The maximum atomic E-state index is 4.23. The van der Waals surface area contributed by atoms with E-state index < -0.39 is 0 Å². The summed E-state index contributed by atoms with van der Waals surface area (Å²) in [5, 5.41) is 6.46. The van der Waals surface area contributed by atoms with Gasteiger partial charge in [-0.15, -0.1) is 11.3 Å². The lowest BCUT2D eigenvalue weighted by Crippen LogP contribution is -2.00. The molecule has 1 heterocycles. The minimum absolute atomic E-state index is 1.06. The molecule has 0 radical (unpaired) electrons. The predicted octanol–water partition coefficient (Wildman–Crippen LogP) is 7.04. The molecule has 0 amide bonds. The molecule has 0 fully saturated rings. The SMILES string of the molecule is CCCCCCCCCCCCCCCCNc1nccs1. The predicted molar refractivity (Wildman–Crippen MR) is 101 cm³/mol. The van der Waals surface area contributed by atoms with Crippen molar-refractivity contribution < 1.29 is 0 Å². The van der Waals surface area contributed by atoms with Gasteiger partial charge in [0.25, 0.3) is 0 Å². The van der Waals surface area contributed by atoms with E-state index in [9.17, 15) is 0 Å². The summed E-state index contributed by atoms with van der Waals surface area (Å²) >= 11 is 1.69. The molecule has 0 saturated carbocycles. The molecular formula is C19H36N2S. The molecule has 0 aliphatic heterocycles. The van der Waals surface area contributed by atoms with Crippen LogP contribution in [0.3, 0.4) is 0 Å². The number of thiazole rings is 1. The van der Waals surface area contributed by atoms with Gasteiger partial charge >= 0.3 is 0 Å². The zero-order chi connectivity index (χ0) is 15.7. The summed E-state index contributed by atoms with van der Waals surface area (Å²) in [5.41, 5.74) is 0. The second-order valence-corrected chi connectivity index (χ2v) is 7.25. The number of anilines is 1. The van der Waals surface area contributed by atoms with E-state index >= 15 is 0 Å². The molecule has 0 bridgehead atoms. The molecule has 3 heteroatoms. The van der Waals surface area contributed by atoms with E-state index in [2.05, 4.69) is 17.2 Å². The fraction of sp³-hybridized carbons (Fsp3) is 0.842. The van der Waals surface area contributed by atoms with Crippen LogP contribution in [-0.2, 0) is 0 Å². The van der Waals surface area contributed by atoms with E-state index in [1.54, 1.807) is 11.3 Å². The van der Waals surface area contributed by atoms with Gasteiger partial charge in [-0.2, -0.15) is 0 Å². The van der Waals surface area contributed by atoms with Gasteiger partial charge in [-0.1, -0.05) is 90.4 Å². The lowest BCUT2D eigenvalue weighted by atomic mass is 10.0. The van der Waals surface area contributed by atoms with Crippen molar-refractivity contribution in [2.24, 2.45) is 0 Å². The first-order valence-corrected chi connectivity index (χ1v) is 10.4. The third kappa shape index (κ3) is 12.0. The van der Waals surface area contributed by atoms with Gasteiger partial charge in [-0.05, 0) is 6.42 Å². The van der Waals surface area contributed by atoms with Crippen molar-refractivity contribution in [3.8, 4) is 0 Å². The van der Waals surface area contributed by atoms with Crippen molar-refractivity contribution in [3.05, 3.63) is 11.6 Å². The highest BCUT2D eigenvalue weighted by molar-refractivity contribution is 7.13. The molecule has 0 spiro atoms. The Kier molecular flexibility index (Phi) is 13.6. The molecule has 2 nitrogen and oxygen atoms in total. The molecule has 1 aromatic rings. The second kappa shape index (κ2) is 15.3. The van der Waals surface area contributed by atoms with Crippen molar-refractivity contribution in [2.45, 2.75) is 96.8 Å². The van der Waals surface area contributed by atoms with E-state index in [0.29, 0.717) is 0 Å². The number of hydrogen-bond donors (Lipinski definition) is 1. The number of rotatable bonds is 16. The number of unbranched alkanes of at least 4 members (excludes halogenated alkanes) is 13. The summed E-state index contributed by atoms with van der Waals surface area (Å²) in [6.07, 6.45) is 21.8. The van der Waals surface area contributed by atoms with Crippen molar-refractivity contribution in [3.63, 3.8) is 0 Å². The molecule has 0 saturated heterocycles. The second-order valence-electron chi connectivity index (χ2n) is 6.36. The highest BCUT2D eigenvalue weighted by Crippen LogP contribution is 2.13. The minimum Gasteiger partial charge on any atom is -0.362 e. The number of nitrogens with zero attached hydrogens (tertiary/aromatic N) is 1. The zero-order valence-corrected chi connectivity index (χ0v) is 15.4. The quantitative estimate of drug-likeness (QED) is 0.330. The molecule has 1 aromatic heterocycles. The maximum Gasteiger partial charge on any atom is 0.182 e. The normalized spacial score (nSPS) is 11.0. The van der Waals surface area contributed by atoms with Gasteiger partial charge in [0.2, 0.25) is 0 Å². The molecule has 0 unspecified atom stereocenters. The molecule has 1 rings (SSSR count). The summed E-state index contributed by atoms with van der Waals surface area (Å²) in [6.45, 7) is 3.36. The van der Waals surface area contributed by atoms with E-state index in [1.807, 2.05) is 11.6 Å². The fourth-order valence-corrected chi connectivity index (χ4v) is 3.38. The smallest absolute Gasteiger partial charge is 0.182 e. The Hall–Kier alpha value is -0.570. The number of hydrogen-bond acceptors (Lipinski definition) is 3. The highest BCUT2D eigenvalue weighted by Gasteiger charge is 1.95. The van der Waals surface area contributed by atoms with Crippen LogP contribution >= 0.6 is 11.3 Å². The van der Waals surface area contributed by atoms with Crippen LogP contribution in [0.15, 0.2) is 11.6 Å². The molecule has 128 valence electrons. The van der Waals surface area contributed by atoms with Crippen molar-refractivity contribution in [1.82, 2.24) is 4.98 Å². The highest BCUT2D eigenvalue weighted by atomic mass is 32.1. The van der Waals surface area contributed by atoms with Crippen LogP contribution < -0.4 is 5.32 Å². The van der Waals surface area contributed by atoms with Gasteiger partial charge < -0.3 is 5.32 Å². The molecule has 0 aromatic carbocycles. The van der Waals surface area contributed by atoms with Gasteiger partial charge in [0, 0.05) is 18.1 Å². The maximum absolute atomic E-state index is 4.23. The van der Waals surface area contributed by atoms with Crippen LogP contribution in [0.4, 0.5) is 5.13 Å². The molecule has 0 aliphatic carbocycles. The van der Waals surface area contributed by atoms with Crippen LogP contribution in [0.25, 0.3) is 0 Å². The van der Waals surface area contributed by atoms with Crippen LogP contribution in [0.2, 0.25) is 0 Å². The Balaban J connectivity index is 1.68. The van der Waals surface area contributed by atoms with Gasteiger partial charge in [-0.3, -0.25) is 0 Å². The fourth-order valence-electron chi connectivity index (χ4n) is 2.83. The van der Waals surface area contributed by atoms with Gasteiger partial charge in [0.05, 0.1) is 0 Å². The molecule has 0 aliphatic rings. The van der Waals surface area contributed by atoms with Crippen molar-refractivity contribution in [2.75, 3.05) is 11.9 Å². The summed E-state index contributed by atoms with van der Waals surface area (Å²) in [5.74, 6) is 0. The number of nitrogens with one attached hydrogen (secondary N) is 1. The number of aromatic nitrogens is 1. The Morgan fingerprint density at radius 2 is 1.27 bits per heavy atom. The zero-order valence-electron chi connectivity index (χ0n) is 14.6. The lowest BCUT2D eigenvalue weighted by molar-refractivity contribution is 0.537. The standard InChI is InChI=1S/C19H36N2S/c1-2-3-4-5-6-7-8-9-10-11-12-13-14-15-16-20-19-21-17-18-22-19/h17-18H,2-16H2,1H3,(H,20,21). The summed E-state index contributed by atoms with van der Waals surface area (Å²) in [7, 11) is 0. The van der Waals surface area contributed by atoms with Gasteiger partial charge in [0.15, 0.2) is 5.13 Å². The van der Waals surface area contributed by atoms with Crippen LogP contribution in [-0.4, -0.2) is 11.5 Å². The molecule has 1 N–H and O–H groups in total. The average Bonchev–Trinajstić information content (AvgIpc) is 3.04. The van der Waals surface area contributed by atoms with E-state index in [0.717, 1.165) is 11.7 Å². The van der Waals surface area contributed by atoms with E-state index in [1.165, 1.54) is 89.9 Å². The van der Waals surface area contributed by atoms with Gasteiger partial charge in [0.1, 0.15) is 0 Å². The molecule has 0 atom stereocenters. The first-order chi connectivity index (χ1) is 10.9. The topological polar surface area (TPSA) is 24.9 Å². The average molecular weight is 325 g/mol. The van der Waals surface area contributed by atoms with Crippen molar-refractivity contribution in [1.29, 1.82) is 0 Å². The third-order valence-electron chi connectivity index (χ3n) is 4.24.